The number of rotatable bonds is 10. The van der Waals surface area contributed by atoms with Crippen molar-refractivity contribution < 1.29 is 9.47 Å². The summed E-state index contributed by atoms with van der Waals surface area (Å²) in [6.45, 7) is 11.2. The Balaban J connectivity index is 4.21. The molecule has 0 bridgehead atoms. The van der Waals surface area contributed by atoms with E-state index in [1.807, 2.05) is 0 Å². The van der Waals surface area contributed by atoms with Crippen LogP contribution in [0, 0.1) is 11.8 Å². The second-order valence-corrected chi connectivity index (χ2v) is 5.72. The summed E-state index contributed by atoms with van der Waals surface area (Å²) in [5, 5.41) is 0. The van der Waals surface area contributed by atoms with Gasteiger partial charge in [0.2, 0.25) is 0 Å². The molecule has 0 fully saturated rings. The molecule has 0 amide bonds. The van der Waals surface area contributed by atoms with Gasteiger partial charge in [-0.25, -0.2) is 0 Å². The van der Waals surface area contributed by atoms with Gasteiger partial charge in [0.05, 0.1) is 6.10 Å². The van der Waals surface area contributed by atoms with Gasteiger partial charge >= 0.3 is 0 Å². The van der Waals surface area contributed by atoms with Crippen LogP contribution in [-0.2, 0) is 9.47 Å². The average molecular weight is 354 g/mol. The Kier molecular flexibility index (Phi) is 10.6. The fourth-order valence-corrected chi connectivity index (χ4v) is 2.18. The zero-order chi connectivity index (χ0) is 13.3. The topological polar surface area (TPSA) is 18.5 Å². The van der Waals surface area contributed by atoms with E-state index in [9.17, 15) is 0 Å². The van der Waals surface area contributed by atoms with Gasteiger partial charge in [-0.15, -0.1) is 0 Å². The molecule has 3 heteroatoms. The molecule has 2 nitrogen and oxygen atoms in total. The van der Waals surface area contributed by atoms with Crippen molar-refractivity contribution in [3.05, 3.63) is 12.2 Å². The molecule has 0 saturated carbocycles. The van der Waals surface area contributed by atoms with Gasteiger partial charge in [0.15, 0.2) is 0 Å². The van der Waals surface area contributed by atoms with Crippen molar-refractivity contribution in [2.75, 3.05) is 18.3 Å². The van der Waals surface area contributed by atoms with Gasteiger partial charge < -0.3 is 9.47 Å². The first-order valence-corrected chi connectivity index (χ1v) is 7.91. The fourth-order valence-electron chi connectivity index (χ4n) is 1.82. The monoisotopic (exact) mass is 354 g/mol. The first kappa shape index (κ1) is 17.4. The zero-order valence-corrected chi connectivity index (χ0v) is 13.8. The molecule has 0 saturated heterocycles. The second kappa shape index (κ2) is 10.3. The molecule has 0 unspecified atom stereocenters. The van der Waals surface area contributed by atoms with E-state index in [2.05, 4.69) is 49.9 Å². The van der Waals surface area contributed by atoms with E-state index in [0.29, 0.717) is 18.6 Å². The molecule has 0 aromatic heterocycles. The van der Waals surface area contributed by atoms with Crippen molar-refractivity contribution in [1.29, 1.82) is 0 Å². The Morgan fingerprint density at radius 3 is 2.41 bits per heavy atom. The summed E-state index contributed by atoms with van der Waals surface area (Å²) in [5.41, 5.74) is 1.32. The molecule has 0 heterocycles. The van der Waals surface area contributed by atoms with Crippen LogP contribution in [0.1, 0.15) is 40.0 Å². The summed E-state index contributed by atoms with van der Waals surface area (Å²) in [4.78, 5) is 0. The van der Waals surface area contributed by atoms with Gasteiger partial charge in [0, 0.05) is 11.5 Å². The molecule has 0 aromatic rings. The van der Waals surface area contributed by atoms with E-state index in [0.717, 1.165) is 19.3 Å². The van der Waals surface area contributed by atoms with Gasteiger partial charge in [0.25, 0.3) is 0 Å². The zero-order valence-electron chi connectivity index (χ0n) is 11.7. The highest BCUT2D eigenvalue weighted by atomic mass is 127. The van der Waals surface area contributed by atoms with E-state index in [1.54, 1.807) is 7.11 Å². The molecule has 0 rings (SSSR count). The molecule has 0 aliphatic carbocycles. The Hall–Kier alpha value is 0.390. The molecular formula is C14H27IO2. The van der Waals surface area contributed by atoms with Gasteiger partial charge in [-0.2, -0.15) is 0 Å². The Bertz CT molecular complexity index is 206. The van der Waals surface area contributed by atoms with Gasteiger partial charge in [-0.3, -0.25) is 0 Å². The summed E-state index contributed by atoms with van der Waals surface area (Å²) in [7, 11) is 1.67. The Labute approximate surface area is 120 Å². The lowest BCUT2D eigenvalue weighted by Crippen LogP contribution is -2.21. The Morgan fingerprint density at radius 1 is 1.29 bits per heavy atom. The number of allylic oxidation sites excluding steroid dienone is 1. The number of ether oxygens (including phenoxy) is 2. The van der Waals surface area contributed by atoms with Crippen LogP contribution in [0.2, 0.25) is 0 Å². The van der Waals surface area contributed by atoms with Crippen LogP contribution in [0.5, 0.6) is 0 Å². The van der Waals surface area contributed by atoms with Crippen molar-refractivity contribution in [1.82, 2.24) is 0 Å². The summed E-state index contributed by atoms with van der Waals surface area (Å²) >= 11 is 2.43. The minimum atomic E-state index is 0.290. The van der Waals surface area contributed by atoms with E-state index < -0.39 is 0 Å². The van der Waals surface area contributed by atoms with Crippen molar-refractivity contribution >= 4 is 22.6 Å². The summed E-state index contributed by atoms with van der Waals surface area (Å²) in [6, 6.07) is 0. The lowest BCUT2D eigenvalue weighted by atomic mass is 9.91. The van der Waals surface area contributed by atoms with Gasteiger partial charge in [0.1, 0.15) is 6.79 Å². The molecule has 17 heavy (non-hydrogen) atoms. The average Bonchev–Trinajstić information content (AvgIpc) is 2.34. The van der Waals surface area contributed by atoms with Gasteiger partial charge in [-0.1, -0.05) is 55.5 Å². The largest absolute Gasteiger partial charge is 0.359 e. The number of halogens is 1. The molecule has 0 aromatic carbocycles. The highest BCUT2D eigenvalue weighted by Gasteiger charge is 2.17. The quantitative estimate of drug-likeness (QED) is 0.250. The van der Waals surface area contributed by atoms with Crippen LogP contribution < -0.4 is 0 Å². The minimum Gasteiger partial charge on any atom is -0.359 e. The molecule has 102 valence electrons. The summed E-state index contributed by atoms with van der Waals surface area (Å²) in [5.74, 6) is 1.22. The fraction of sp³-hybridized carbons (Fsp3) is 0.857. The maximum absolute atomic E-state index is 5.76. The van der Waals surface area contributed by atoms with E-state index in [-0.39, 0.29) is 6.10 Å². The van der Waals surface area contributed by atoms with Crippen LogP contribution in [0.25, 0.3) is 0 Å². The second-order valence-electron chi connectivity index (χ2n) is 4.84. The number of methoxy groups -OCH3 is 1. The van der Waals surface area contributed by atoms with Crippen molar-refractivity contribution in [2.45, 2.75) is 46.1 Å². The minimum absolute atomic E-state index is 0.290. The third kappa shape index (κ3) is 8.16. The van der Waals surface area contributed by atoms with Crippen LogP contribution in [0.15, 0.2) is 12.2 Å². The summed E-state index contributed by atoms with van der Waals surface area (Å²) < 4.78 is 11.9. The van der Waals surface area contributed by atoms with Crippen molar-refractivity contribution in [2.24, 2.45) is 11.8 Å². The van der Waals surface area contributed by atoms with Crippen LogP contribution in [0.3, 0.4) is 0 Å². The summed E-state index contributed by atoms with van der Waals surface area (Å²) in [6.07, 6.45) is 3.50. The molecule has 0 aliphatic rings. The number of hydrogen-bond acceptors (Lipinski definition) is 2. The van der Waals surface area contributed by atoms with Crippen LogP contribution >= 0.6 is 22.6 Å². The third-order valence-corrected chi connectivity index (χ3v) is 4.62. The smallest absolute Gasteiger partial charge is 0.146 e. The Morgan fingerprint density at radius 2 is 1.94 bits per heavy atom. The standard InChI is InChI=1S/C14H27IO2/c1-6-12(3)13(4)8-14(17-10-16-5)7-11(2)9-15/h11,13-14H,3,6-10H2,1-2,4-5H3/t11-,13-,14-/m1/s1. The lowest BCUT2D eigenvalue weighted by molar-refractivity contribution is -0.0823. The molecule has 0 N–H and O–H groups in total. The van der Waals surface area contributed by atoms with E-state index in [4.69, 9.17) is 9.47 Å². The molecule has 0 aliphatic heterocycles. The first-order chi connectivity index (χ1) is 8.04. The number of hydrogen-bond donors (Lipinski definition) is 0. The molecule has 0 radical (unpaired) electrons. The predicted octanol–water partition coefficient (Wildman–Crippen LogP) is 4.43. The molecular weight excluding hydrogens is 327 g/mol. The van der Waals surface area contributed by atoms with Crippen LogP contribution in [0.4, 0.5) is 0 Å². The SMILES string of the molecule is C=C(CC)[C@H](C)C[C@@H](C[C@@H](C)CI)OCOC. The molecule has 0 spiro atoms. The highest BCUT2D eigenvalue weighted by Crippen LogP contribution is 2.23. The maximum atomic E-state index is 5.76. The lowest BCUT2D eigenvalue weighted by Gasteiger charge is -2.24. The molecule has 3 atom stereocenters. The van der Waals surface area contributed by atoms with Gasteiger partial charge in [-0.05, 0) is 31.1 Å². The maximum Gasteiger partial charge on any atom is 0.146 e. The van der Waals surface area contributed by atoms with Crippen LogP contribution in [-0.4, -0.2) is 24.4 Å². The normalized spacial score (nSPS) is 16.5. The predicted molar refractivity (Wildman–Crippen MR) is 82.6 cm³/mol. The van der Waals surface area contributed by atoms with Crippen molar-refractivity contribution in [3.8, 4) is 0 Å². The first-order valence-electron chi connectivity index (χ1n) is 6.39. The number of alkyl halides is 1. The third-order valence-electron chi connectivity index (χ3n) is 3.12. The highest BCUT2D eigenvalue weighted by molar-refractivity contribution is 14.1. The van der Waals surface area contributed by atoms with E-state index in [1.165, 1.54) is 10.0 Å². The van der Waals surface area contributed by atoms with Crippen molar-refractivity contribution in [3.63, 3.8) is 0 Å². The van der Waals surface area contributed by atoms with E-state index >= 15 is 0 Å².